The van der Waals surface area contributed by atoms with Gasteiger partial charge in [0.2, 0.25) is 0 Å². The molecule has 0 spiro atoms. The van der Waals surface area contributed by atoms with Crippen LogP contribution in [0.1, 0.15) is 50.3 Å². The summed E-state index contributed by atoms with van der Waals surface area (Å²) in [5.74, 6) is -2.15. The van der Waals surface area contributed by atoms with Crippen LogP contribution in [0.25, 0.3) is 0 Å². The smallest absolute Gasteiger partial charge is 0.307 e. The molecule has 2 unspecified atom stereocenters. The number of carbonyl (C=O) groups excluding carboxylic acids is 1. The van der Waals surface area contributed by atoms with Crippen molar-refractivity contribution in [3.05, 3.63) is 70.8 Å². The van der Waals surface area contributed by atoms with Crippen LogP contribution < -0.4 is 11.1 Å². The Bertz CT molecular complexity index is 1070. The van der Waals surface area contributed by atoms with Crippen LogP contribution in [-0.2, 0) is 38.8 Å². The number of rotatable bonds is 15. The zero-order chi connectivity index (χ0) is 26.7. The second-order valence-electron chi connectivity index (χ2n) is 9.56. The van der Waals surface area contributed by atoms with E-state index in [0.717, 1.165) is 18.1 Å². The molecule has 2 aromatic carbocycles. The number of halogens is 2. The molecule has 0 fully saturated rings. The number of nitrogens with two attached hydrogens (primary N) is 1. The third-order valence-electron chi connectivity index (χ3n) is 5.85. The molecular weight excluding hydrogens is 486 g/mol. The number of nitrogens with one attached hydrogen (secondary N) is 1. The van der Waals surface area contributed by atoms with E-state index in [2.05, 4.69) is 18.3 Å². The summed E-state index contributed by atoms with van der Waals surface area (Å²) >= 11 is 0. The minimum absolute atomic E-state index is 0.0183. The molecule has 0 aliphatic rings. The fourth-order valence-electron chi connectivity index (χ4n) is 3.72. The Labute approximate surface area is 213 Å². The molecule has 0 heterocycles. The standard InChI is InChI=1S/C27H38F2N2O4S/c1-4-20-6-5-7-21(12-20)17-31-18-26(25(30)15-22-13-23(28)16-24(29)14-22)35-27(32)9-11-36(33,34)10-8-19(2)3/h5-7,12-14,16,19,25-26,31H,4,8-11,15,17-18,30H2,1-3H3. The lowest BCUT2D eigenvalue weighted by Gasteiger charge is -2.25. The van der Waals surface area contributed by atoms with Gasteiger partial charge in [-0.1, -0.05) is 45.0 Å². The van der Waals surface area contributed by atoms with Gasteiger partial charge in [0.25, 0.3) is 0 Å². The summed E-state index contributed by atoms with van der Waals surface area (Å²) in [5.41, 5.74) is 8.89. The van der Waals surface area contributed by atoms with Gasteiger partial charge in [0.15, 0.2) is 9.84 Å². The maximum Gasteiger partial charge on any atom is 0.307 e. The molecule has 200 valence electrons. The first-order valence-electron chi connectivity index (χ1n) is 12.4. The Morgan fingerprint density at radius 1 is 1.03 bits per heavy atom. The van der Waals surface area contributed by atoms with E-state index in [4.69, 9.17) is 10.5 Å². The minimum atomic E-state index is -3.38. The number of hydrogen-bond donors (Lipinski definition) is 2. The monoisotopic (exact) mass is 524 g/mol. The second kappa shape index (κ2) is 14.4. The van der Waals surface area contributed by atoms with Gasteiger partial charge in [-0.15, -0.1) is 0 Å². The van der Waals surface area contributed by atoms with E-state index >= 15 is 0 Å². The average molecular weight is 525 g/mol. The number of sulfone groups is 1. The molecule has 0 radical (unpaired) electrons. The third-order valence-corrected chi connectivity index (χ3v) is 7.54. The van der Waals surface area contributed by atoms with Crippen LogP contribution in [0.2, 0.25) is 0 Å². The molecule has 0 aromatic heterocycles. The highest BCUT2D eigenvalue weighted by molar-refractivity contribution is 7.91. The molecule has 0 amide bonds. The largest absolute Gasteiger partial charge is 0.459 e. The van der Waals surface area contributed by atoms with Crippen molar-refractivity contribution in [3.8, 4) is 0 Å². The number of carbonyl (C=O) groups is 1. The predicted octanol–water partition coefficient (Wildman–Crippen LogP) is 3.95. The Morgan fingerprint density at radius 3 is 2.33 bits per heavy atom. The molecule has 0 bridgehead atoms. The van der Waals surface area contributed by atoms with E-state index < -0.39 is 39.6 Å². The maximum absolute atomic E-state index is 13.6. The lowest BCUT2D eigenvalue weighted by Crippen LogP contribution is -2.46. The highest BCUT2D eigenvalue weighted by Crippen LogP contribution is 2.13. The van der Waals surface area contributed by atoms with Crippen LogP contribution in [0.4, 0.5) is 8.78 Å². The molecule has 6 nitrogen and oxygen atoms in total. The summed E-state index contributed by atoms with van der Waals surface area (Å²) in [6.07, 6.45) is 0.404. The molecule has 3 N–H and O–H groups in total. The van der Waals surface area contributed by atoms with Crippen molar-refractivity contribution in [1.29, 1.82) is 0 Å². The molecule has 0 aliphatic heterocycles. The van der Waals surface area contributed by atoms with E-state index in [9.17, 15) is 22.0 Å². The van der Waals surface area contributed by atoms with E-state index in [0.29, 0.717) is 18.5 Å². The van der Waals surface area contributed by atoms with Crippen molar-refractivity contribution in [3.63, 3.8) is 0 Å². The Kier molecular flexibility index (Phi) is 11.9. The van der Waals surface area contributed by atoms with E-state index in [-0.39, 0.29) is 36.8 Å². The van der Waals surface area contributed by atoms with Crippen LogP contribution in [0, 0.1) is 17.6 Å². The zero-order valence-electron chi connectivity index (χ0n) is 21.3. The first-order chi connectivity index (χ1) is 17.0. The van der Waals surface area contributed by atoms with Crippen molar-refractivity contribution in [2.75, 3.05) is 18.1 Å². The van der Waals surface area contributed by atoms with Crippen LogP contribution in [0.15, 0.2) is 42.5 Å². The van der Waals surface area contributed by atoms with Gasteiger partial charge in [-0.05, 0) is 54.0 Å². The van der Waals surface area contributed by atoms with Crippen molar-refractivity contribution in [1.82, 2.24) is 5.32 Å². The lowest BCUT2D eigenvalue weighted by atomic mass is 10.0. The fourth-order valence-corrected chi connectivity index (χ4v) is 5.23. The van der Waals surface area contributed by atoms with Gasteiger partial charge < -0.3 is 15.8 Å². The summed E-state index contributed by atoms with van der Waals surface area (Å²) in [6, 6.07) is 10.4. The first kappa shape index (κ1) is 29.9. The van der Waals surface area contributed by atoms with Crippen molar-refractivity contribution in [2.24, 2.45) is 11.7 Å². The average Bonchev–Trinajstić information content (AvgIpc) is 2.80. The van der Waals surface area contributed by atoms with E-state index in [1.165, 1.54) is 17.7 Å². The molecule has 9 heteroatoms. The summed E-state index contributed by atoms with van der Waals surface area (Å²) in [7, 11) is -3.38. The number of benzene rings is 2. The molecule has 36 heavy (non-hydrogen) atoms. The quantitative estimate of drug-likeness (QED) is 0.343. The summed E-state index contributed by atoms with van der Waals surface area (Å²) in [5, 5.41) is 3.23. The molecule has 0 aliphatic carbocycles. The topological polar surface area (TPSA) is 98.5 Å². The van der Waals surface area contributed by atoms with Gasteiger partial charge in [-0.2, -0.15) is 0 Å². The highest BCUT2D eigenvalue weighted by atomic mass is 32.2. The highest BCUT2D eigenvalue weighted by Gasteiger charge is 2.24. The zero-order valence-corrected chi connectivity index (χ0v) is 22.1. The SMILES string of the molecule is CCc1cccc(CNCC(OC(=O)CCS(=O)(=O)CCC(C)C)C(N)Cc2cc(F)cc(F)c2)c1. The number of aryl methyl sites for hydroxylation is 1. The molecule has 2 atom stereocenters. The van der Waals surface area contributed by atoms with Gasteiger partial charge in [0.1, 0.15) is 17.7 Å². The third kappa shape index (κ3) is 11.1. The van der Waals surface area contributed by atoms with Crippen molar-refractivity contribution in [2.45, 2.75) is 65.1 Å². The Balaban J connectivity index is 2.03. The van der Waals surface area contributed by atoms with Gasteiger partial charge in [0, 0.05) is 25.2 Å². The number of ether oxygens (including phenoxy) is 1. The molecular formula is C27H38F2N2O4S. The Hall–Kier alpha value is -2.36. The maximum atomic E-state index is 13.6. The van der Waals surface area contributed by atoms with Crippen molar-refractivity contribution >= 4 is 15.8 Å². The van der Waals surface area contributed by atoms with Gasteiger partial charge >= 0.3 is 5.97 Å². The minimum Gasteiger partial charge on any atom is -0.459 e. The fraction of sp³-hybridized carbons (Fsp3) is 0.519. The van der Waals surface area contributed by atoms with E-state index in [1.54, 1.807) is 0 Å². The lowest BCUT2D eigenvalue weighted by molar-refractivity contribution is -0.149. The molecule has 0 saturated heterocycles. The normalized spacial score (nSPS) is 13.5. The summed E-state index contributed by atoms with van der Waals surface area (Å²) < 4.78 is 57.3. The number of hydrogen-bond acceptors (Lipinski definition) is 6. The first-order valence-corrected chi connectivity index (χ1v) is 14.2. The summed E-state index contributed by atoms with van der Waals surface area (Å²) in [6.45, 7) is 6.64. The molecule has 2 rings (SSSR count). The van der Waals surface area contributed by atoms with Gasteiger partial charge in [-0.3, -0.25) is 4.79 Å². The van der Waals surface area contributed by atoms with Gasteiger partial charge in [0.05, 0.1) is 17.9 Å². The molecule has 0 saturated carbocycles. The van der Waals surface area contributed by atoms with Crippen LogP contribution >= 0.6 is 0 Å². The van der Waals surface area contributed by atoms with Crippen LogP contribution in [-0.4, -0.2) is 44.6 Å². The molecule has 2 aromatic rings. The van der Waals surface area contributed by atoms with Crippen LogP contribution in [0.3, 0.4) is 0 Å². The second-order valence-corrected chi connectivity index (χ2v) is 11.9. The van der Waals surface area contributed by atoms with Gasteiger partial charge in [-0.25, -0.2) is 17.2 Å². The van der Waals surface area contributed by atoms with Crippen molar-refractivity contribution < 1.29 is 26.7 Å². The predicted molar refractivity (Wildman–Crippen MR) is 138 cm³/mol. The van der Waals surface area contributed by atoms with Crippen LogP contribution in [0.5, 0.6) is 0 Å². The summed E-state index contributed by atoms with van der Waals surface area (Å²) in [4.78, 5) is 12.5. The number of esters is 1. The van der Waals surface area contributed by atoms with E-state index in [1.807, 2.05) is 32.0 Å². The Morgan fingerprint density at radius 2 is 1.69 bits per heavy atom.